The first-order valence-corrected chi connectivity index (χ1v) is 7.72. The summed E-state index contributed by atoms with van der Waals surface area (Å²) in [5, 5.41) is 15.3. The first kappa shape index (κ1) is 16.8. The number of carbonyl (C=O) groups is 2. The van der Waals surface area contributed by atoms with Crippen LogP contribution in [-0.4, -0.2) is 29.6 Å². The van der Waals surface area contributed by atoms with Gasteiger partial charge in [0.05, 0.1) is 6.61 Å². The quantitative estimate of drug-likeness (QED) is 0.746. The summed E-state index contributed by atoms with van der Waals surface area (Å²) >= 11 is 5.89. The second kappa shape index (κ2) is 6.67. The number of amides is 2. The van der Waals surface area contributed by atoms with Crippen LogP contribution in [0, 0.1) is 12.3 Å². The minimum Gasteiger partial charge on any atom is -0.396 e. The number of hydrogen-bond donors (Lipinski definition) is 3. The molecule has 1 aromatic carbocycles. The lowest BCUT2D eigenvalue weighted by Gasteiger charge is -2.29. The molecule has 3 N–H and O–H groups in total. The van der Waals surface area contributed by atoms with Crippen molar-refractivity contribution in [2.24, 2.45) is 5.41 Å². The van der Waals surface area contributed by atoms with Gasteiger partial charge in [-0.2, -0.15) is 0 Å². The van der Waals surface area contributed by atoms with Gasteiger partial charge in [0.1, 0.15) is 0 Å². The molecule has 2 rings (SSSR count). The highest BCUT2D eigenvalue weighted by Gasteiger charge is 2.39. The number of aliphatic hydroxyl groups is 1. The van der Waals surface area contributed by atoms with Gasteiger partial charge in [0, 0.05) is 22.2 Å². The fraction of sp³-hybridized carbons (Fsp3) is 0.500. The fourth-order valence-electron chi connectivity index (χ4n) is 2.80. The summed E-state index contributed by atoms with van der Waals surface area (Å²) in [7, 11) is 0. The normalized spacial score (nSPS) is 24.1. The average Bonchev–Trinajstić information content (AvgIpc) is 2.84. The zero-order chi connectivity index (χ0) is 16.3. The number of hydrogen-bond acceptors (Lipinski definition) is 3. The molecule has 2 unspecified atom stereocenters. The van der Waals surface area contributed by atoms with E-state index in [4.69, 9.17) is 11.6 Å². The Bertz CT molecular complexity index is 591. The zero-order valence-corrected chi connectivity index (χ0v) is 13.5. The van der Waals surface area contributed by atoms with Gasteiger partial charge in [-0.1, -0.05) is 31.0 Å². The summed E-state index contributed by atoms with van der Waals surface area (Å²) in [6, 6.07) is 4.92. The molecule has 120 valence electrons. The van der Waals surface area contributed by atoms with Crippen LogP contribution in [-0.2, 0) is 9.59 Å². The van der Waals surface area contributed by atoms with Crippen LogP contribution < -0.4 is 10.6 Å². The number of carbonyl (C=O) groups excluding carboxylic acids is 2. The Morgan fingerprint density at radius 1 is 1.41 bits per heavy atom. The maximum absolute atomic E-state index is 12.1. The molecule has 1 saturated carbocycles. The minimum absolute atomic E-state index is 0.00698. The highest BCUT2D eigenvalue weighted by molar-refractivity contribution is 6.40. The molecule has 0 spiro atoms. The molecule has 2 atom stereocenters. The maximum atomic E-state index is 12.1. The molecular weight excluding hydrogens is 304 g/mol. The first-order valence-electron chi connectivity index (χ1n) is 7.34. The lowest BCUT2D eigenvalue weighted by Crippen LogP contribution is -2.48. The van der Waals surface area contributed by atoms with E-state index >= 15 is 0 Å². The molecule has 0 saturated heterocycles. The van der Waals surface area contributed by atoms with E-state index < -0.39 is 11.8 Å². The van der Waals surface area contributed by atoms with Crippen molar-refractivity contribution in [3.8, 4) is 0 Å². The molecule has 0 radical (unpaired) electrons. The van der Waals surface area contributed by atoms with Crippen LogP contribution in [0.1, 0.15) is 31.7 Å². The third kappa shape index (κ3) is 3.59. The number of aliphatic hydroxyl groups excluding tert-OH is 1. The Balaban J connectivity index is 2.01. The van der Waals surface area contributed by atoms with E-state index in [0.717, 1.165) is 24.8 Å². The largest absolute Gasteiger partial charge is 0.396 e. The lowest BCUT2D eigenvalue weighted by atomic mass is 9.86. The summed E-state index contributed by atoms with van der Waals surface area (Å²) < 4.78 is 0. The van der Waals surface area contributed by atoms with E-state index in [1.807, 2.05) is 13.8 Å². The minimum atomic E-state index is -0.724. The van der Waals surface area contributed by atoms with Crippen molar-refractivity contribution in [3.63, 3.8) is 0 Å². The van der Waals surface area contributed by atoms with Crippen molar-refractivity contribution in [2.45, 2.75) is 39.2 Å². The number of nitrogens with one attached hydrogen (secondary N) is 2. The van der Waals surface area contributed by atoms with Gasteiger partial charge in [0.2, 0.25) is 0 Å². The predicted octanol–water partition coefficient (Wildman–Crippen LogP) is 2.25. The fourth-order valence-corrected chi connectivity index (χ4v) is 2.97. The van der Waals surface area contributed by atoms with Gasteiger partial charge in [-0.05, 0) is 37.5 Å². The Morgan fingerprint density at radius 3 is 2.82 bits per heavy atom. The molecular formula is C16H21ClN2O3. The zero-order valence-electron chi connectivity index (χ0n) is 12.8. The van der Waals surface area contributed by atoms with Crippen molar-refractivity contribution in [1.29, 1.82) is 0 Å². The van der Waals surface area contributed by atoms with E-state index in [-0.39, 0.29) is 18.1 Å². The topological polar surface area (TPSA) is 78.4 Å². The summed E-state index contributed by atoms with van der Waals surface area (Å²) in [6.07, 6.45) is 2.53. The molecule has 1 aliphatic rings. The van der Waals surface area contributed by atoms with Crippen LogP contribution in [0.4, 0.5) is 5.69 Å². The van der Waals surface area contributed by atoms with Gasteiger partial charge in [-0.25, -0.2) is 0 Å². The summed E-state index contributed by atoms with van der Waals surface area (Å²) in [5.74, 6) is -1.41. The third-order valence-electron chi connectivity index (χ3n) is 4.40. The monoisotopic (exact) mass is 324 g/mol. The summed E-state index contributed by atoms with van der Waals surface area (Å²) in [6.45, 7) is 3.74. The van der Waals surface area contributed by atoms with Crippen molar-refractivity contribution >= 4 is 29.1 Å². The van der Waals surface area contributed by atoms with Gasteiger partial charge in [-0.3, -0.25) is 9.59 Å². The number of benzene rings is 1. The lowest BCUT2D eigenvalue weighted by molar-refractivity contribution is -0.137. The van der Waals surface area contributed by atoms with Crippen LogP contribution in [0.25, 0.3) is 0 Å². The number of halogens is 1. The molecule has 0 heterocycles. The second-order valence-electron chi connectivity index (χ2n) is 6.14. The van der Waals surface area contributed by atoms with Gasteiger partial charge >= 0.3 is 11.8 Å². The molecule has 1 fully saturated rings. The summed E-state index contributed by atoms with van der Waals surface area (Å²) in [5.41, 5.74) is 0.984. The van der Waals surface area contributed by atoms with E-state index in [2.05, 4.69) is 10.6 Å². The molecule has 1 aromatic rings. The molecule has 0 bridgehead atoms. The molecule has 6 heteroatoms. The Kier molecular flexibility index (Phi) is 5.08. The van der Waals surface area contributed by atoms with E-state index in [0.29, 0.717) is 10.7 Å². The van der Waals surface area contributed by atoms with Crippen LogP contribution in [0.5, 0.6) is 0 Å². The van der Waals surface area contributed by atoms with Gasteiger partial charge < -0.3 is 15.7 Å². The summed E-state index contributed by atoms with van der Waals surface area (Å²) in [4.78, 5) is 24.1. The Labute approximate surface area is 135 Å². The molecule has 0 aromatic heterocycles. The van der Waals surface area contributed by atoms with Crippen molar-refractivity contribution in [3.05, 3.63) is 28.8 Å². The molecule has 0 aliphatic heterocycles. The Morgan fingerprint density at radius 2 is 2.14 bits per heavy atom. The second-order valence-corrected chi connectivity index (χ2v) is 6.58. The number of rotatable bonds is 3. The predicted molar refractivity (Wildman–Crippen MR) is 85.8 cm³/mol. The Hall–Kier alpha value is -1.59. The van der Waals surface area contributed by atoms with Gasteiger partial charge in [0.25, 0.3) is 0 Å². The number of aryl methyl sites for hydroxylation is 1. The standard InChI is InChI=1S/C16H21ClN2O3/c1-10-5-6-11(17)8-12(10)18-14(21)15(22)19-13-4-3-7-16(13,2)9-20/h5-6,8,13,20H,3-4,7,9H2,1-2H3,(H,18,21)(H,19,22). The molecule has 22 heavy (non-hydrogen) atoms. The van der Waals surface area contributed by atoms with Crippen LogP contribution in [0.3, 0.4) is 0 Å². The first-order chi connectivity index (χ1) is 10.4. The van der Waals surface area contributed by atoms with Crippen LogP contribution in [0.15, 0.2) is 18.2 Å². The third-order valence-corrected chi connectivity index (χ3v) is 4.64. The van der Waals surface area contributed by atoms with E-state index in [9.17, 15) is 14.7 Å². The molecule has 5 nitrogen and oxygen atoms in total. The SMILES string of the molecule is Cc1ccc(Cl)cc1NC(=O)C(=O)NC1CCCC1(C)CO. The van der Waals surface area contributed by atoms with Gasteiger partial charge in [0.15, 0.2) is 0 Å². The van der Waals surface area contributed by atoms with Crippen molar-refractivity contribution in [1.82, 2.24) is 5.32 Å². The molecule has 1 aliphatic carbocycles. The average molecular weight is 325 g/mol. The smallest absolute Gasteiger partial charge is 0.313 e. The van der Waals surface area contributed by atoms with Crippen LogP contribution in [0.2, 0.25) is 5.02 Å². The highest BCUT2D eigenvalue weighted by atomic mass is 35.5. The van der Waals surface area contributed by atoms with Gasteiger partial charge in [-0.15, -0.1) is 0 Å². The number of anilines is 1. The van der Waals surface area contributed by atoms with E-state index in [1.165, 1.54) is 0 Å². The van der Waals surface area contributed by atoms with E-state index in [1.54, 1.807) is 18.2 Å². The van der Waals surface area contributed by atoms with Crippen LogP contribution >= 0.6 is 11.6 Å². The highest BCUT2D eigenvalue weighted by Crippen LogP contribution is 2.37. The van der Waals surface area contributed by atoms with Crippen molar-refractivity contribution < 1.29 is 14.7 Å². The maximum Gasteiger partial charge on any atom is 0.313 e. The molecule has 2 amide bonds. The van der Waals surface area contributed by atoms with Crippen molar-refractivity contribution in [2.75, 3.05) is 11.9 Å².